The van der Waals surface area contributed by atoms with Gasteiger partial charge >= 0.3 is 0 Å². The van der Waals surface area contributed by atoms with Gasteiger partial charge in [0.25, 0.3) is 0 Å². The van der Waals surface area contributed by atoms with Crippen LogP contribution in [0.5, 0.6) is 0 Å². The van der Waals surface area contributed by atoms with Gasteiger partial charge in [0.1, 0.15) is 24.4 Å². The molecule has 0 aliphatic carbocycles. The Kier molecular flexibility index (Phi) is 10.3. The Morgan fingerprint density at radius 1 is 1.12 bits per heavy atom. The maximum absolute atomic E-state index is 11.3. The van der Waals surface area contributed by atoms with Crippen molar-refractivity contribution in [2.75, 3.05) is 46.2 Å². The number of hydrogen-bond acceptors (Lipinski definition) is 9. The van der Waals surface area contributed by atoms with Crippen molar-refractivity contribution < 1.29 is 39.1 Å². The number of nitrogens with one attached hydrogen (secondary N) is 1. The molecule has 0 aromatic heterocycles. The molecule has 0 aromatic rings. The van der Waals surface area contributed by atoms with Gasteiger partial charge in [-0.1, -0.05) is 0 Å². The molecule has 1 saturated heterocycles. The first-order valence-electron chi connectivity index (χ1n) is 7.88. The molecule has 0 spiro atoms. The molecule has 142 valence electrons. The molecule has 0 radical (unpaired) electrons. The van der Waals surface area contributed by atoms with Crippen molar-refractivity contribution in [2.24, 2.45) is 5.73 Å². The van der Waals surface area contributed by atoms with Crippen LogP contribution in [-0.4, -0.2) is 98.1 Å². The van der Waals surface area contributed by atoms with E-state index in [0.717, 1.165) is 0 Å². The van der Waals surface area contributed by atoms with E-state index >= 15 is 0 Å². The summed E-state index contributed by atoms with van der Waals surface area (Å²) in [5.74, 6) is -0.404. The van der Waals surface area contributed by atoms with E-state index in [1.165, 1.54) is 6.92 Å². The Hall–Kier alpha value is -0.850. The summed E-state index contributed by atoms with van der Waals surface area (Å²) in [6.07, 6.45) is -4.67. The molecule has 6 N–H and O–H groups in total. The monoisotopic (exact) mass is 352 g/mol. The number of aliphatic hydroxyl groups is 3. The fourth-order valence-corrected chi connectivity index (χ4v) is 2.24. The molecule has 5 atom stereocenters. The van der Waals surface area contributed by atoms with Crippen LogP contribution in [0.25, 0.3) is 0 Å². The van der Waals surface area contributed by atoms with Crippen LogP contribution in [0.2, 0.25) is 0 Å². The smallest absolute Gasteiger partial charge is 0.217 e. The molecule has 1 rings (SSSR count). The number of ether oxygens (including phenoxy) is 4. The summed E-state index contributed by atoms with van der Waals surface area (Å²) in [6.45, 7) is 2.90. The summed E-state index contributed by atoms with van der Waals surface area (Å²) < 4.78 is 21.3. The van der Waals surface area contributed by atoms with Crippen LogP contribution in [0.1, 0.15) is 6.92 Å². The van der Waals surface area contributed by atoms with Gasteiger partial charge in [0.05, 0.1) is 39.6 Å². The lowest BCUT2D eigenvalue weighted by molar-refractivity contribution is -0.272. The van der Waals surface area contributed by atoms with Crippen LogP contribution in [-0.2, 0) is 23.7 Å². The van der Waals surface area contributed by atoms with E-state index in [4.69, 9.17) is 24.7 Å². The van der Waals surface area contributed by atoms with E-state index in [1.807, 2.05) is 0 Å². The largest absolute Gasteiger partial charge is 0.394 e. The number of carbonyl (C=O) groups excluding carboxylic acids is 1. The molecule has 0 bridgehead atoms. The molecule has 0 saturated carbocycles. The summed E-state index contributed by atoms with van der Waals surface area (Å²) in [7, 11) is 0. The highest BCUT2D eigenvalue weighted by Crippen LogP contribution is 2.22. The highest BCUT2D eigenvalue weighted by molar-refractivity contribution is 5.73. The average Bonchev–Trinajstić information content (AvgIpc) is 2.55. The van der Waals surface area contributed by atoms with Crippen LogP contribution in [0.4, 0.5) is 0 Å². The van der Waals surface area contributed by atoms with Crippen LogP contribution < -0.4 is 11.1 Å². The fourth-order valence-electron chi connectivity index (χ4n) is 2.24. The van der Waals surface area contributed by atoms with Crippen molar-refractivity contribution in [3.05, 3.63) is 0 Å². The molecule has 1 fully saturated rings. The normalized spacial score (nSPS) is 30.3. The minimum atomic E-state index is -1.33. The molecule has 10 heteroatoms. The van der Waals surface area contributed by atoms with Crippen molar-refractivity contribution in [2.45, 2.75) is 37.6 Å². The van der Waals surface area contributed by atoms with Crippen LogP contribution in [0.15, 0.2) is 0 Å². The Morgan fingerprint density at radius 2 is 1.75 bits per heavy atom. The number of rotatable bonds is 11. The van der Waals surface area contributed by atoms with Crippen LogP contribution >= 0.6 is 0 Å². The van der Waals surface area contributed by atoms with Gasteiger partial charge in [-0.25, -0.2) is 0 Å². The maximum Gasteiger partial charge on any atom is 0.217 e. The Labute approximate surface area is 140 Å². The molecule has 5 unspecified atom stereocenters. The van der Waals surface area contributed by atoms with Gasteiger partial charge in [-0.15, -0.1) is 0 Å². The van der Waals surface area contributed by atoms with E-state index in [2.05, 4.69) is 5.32 Å². The zero-order valence-corrected chi connectivity index (χ0v) is 13.8. The average molecular weight is 352 g/mol. The first kappa shape index (κ1) is 21.2. The third-order valence-electron chi connectivity index (χ3n) is 3.39. The number of carbonyl (C=O) groups is 1. The van der Waals surface area contributed by atoms with E-state index in [9.17, 15) is 20.1 Å². The molecule has 24 heavy (non-hydrogen) atoms. The van der Waals surface area contributed by atoms with Gasteiger partial charge in [-0.2, -0.15) is 0 Å². The number of amides is 1. The number of nitrogens with two attached hydrogens (primary N) is 1. The Morgan fingerprint density at radius 3 is 2.33 bits per heavy atom. The quantitative estimate of drug-likeness (QED) is 0.244. The summed E-state index contributed by atoms with van der Waals surface area (Å²) in [6, 6.07) is -0.951. The topological polar surface area (TPSA) is 153 Å². The van der Waals surface area contributed by atoms with Crippen molar-refractivity contribution in [1.29, 1.82) is 0 Å². The second-order valence-corrected chi connectivity index (χ2v) is 5.32. The van der Waals surface area contributed by atoms with Crippen LogP contribution in [0.3, 0.4) is 0 Å². The predicted octanol–water partition coefficient (Wildman–Crippen LogP) is -3.06. The summed E-state index contributed by atoms with van der Waals surface area (Å²) in [5.41, 5.74) is 5.28. The van der Waals surface area contributed by atoms with Gasteiger partial charge in [-0.05, 0) is 0 Å². The van der Waals surface area contributed by atoms with Gasteiger partial charge in [0.2, 0.25) is 5.91 Å². The minimum Gasteiger partial charge on any atom is -0.394 e. The highest BCUT2D eigenvalue weighted by Gasteiger charge is 2.45. The SMILES string of the molecule is CC(=O)NC1C(OCCOCCOCCN)OC(CO)C(O)C1O. The first-order chi connectivity index (χ1) is 11.5. The third-order valence-corrected chi connectivity index (χ3v) is 3.39. The number of aliphatic hydroxyl groups excluding tert-OH is 3. The van der Waals surface area contributed by atoms with Gasteiger partial charge in [-0.3, -0.25) is 4.79 Å². The second kappa shape index (κ2) is 11.7. The van der Waals surface area contributed by atoms with Gasteiger partial charge in [0.15, 0.2) is 6.29 Å². The van der Waals surface area contributed by atoms with E-state index in [0.29, 0.717) is 26.4 Å². The number of hydrogen-bond donors (Lipinski definition) is 5. The second-order valence-electron chi connectivity index (χ2n) is 5.32. The van der Waals surface area contributed by atoms with Crippen molar-refractivity contribution in [1.82, 2.24) is 5.32 Å². The fraction of sp³-hybridized carbons (Fsp3) is 0.929. The Balaban J connectivity index is 2.39. The van der Waals surface area contributed by atoms with E-state index < -0.39 is 43.2 Å². The molecule has 0 aromatic carbocycles. The van der Waals surface area contributed by atoms with Crippen molar-refractivity contribution in [3.8, 4) is 0 Å². The predicted molar refractivity (Wildman–Crippen MR) is 82.0 cm³/mol. The van der Waals surface area contributed by atoms with Gasteiger partial charge in [0, 0.05) is 13.5 Å². The maximum atomic E-state index is 11.3. The van der Waals surface area contributed by atoms with E-state index in [1.54, 1.807) is 0 Å². The van der Waals surface area contributed by atoms with Crippen LogP contribution in [0, 0.1) is 0 Å². The highest BCUT2D eigenvalue weighted by atomic mass is 16.7. The summed E-state index contributed by atoms with van der Waals surface area (Å²) in [4.78, 5) is 11.3. The first-order valence-corrected chi connectivity index (χ1v) is 7.88. The zero-order chi connectivity index (χ0) is 17.9. The van der Waals surface area contributed by atoms with Crippen molar-refractivity contribution >= 4 is 5.91 Å². The zero-order valence-electron chi connectivity index (χ0n) is 13.8. The molecular weight excluding hydrogens is 324 g/mol. The molecule has 1 aliphatic rings. The third kappa shape index (κ3) is 6.95. The molecule has 1 amide bonds. The lowest BCUT2D eigenvalue weighted by Gasteiger charge is -2.42. The summed E-state index contributed by atoms with van der Waals surface area (Å²) >= 11 is 0. The molecule has 1 aliphatic heterocycles. The molecule has 1 heterocycles. The minimum absolute atomic E-state index is 0.138. The Bertz CT molecular complexity index is 360. The lowest BCUT2D eigenvalue weighted by Crippen LogP contribution is -2.64. The summed E-state index contributed by atoms with van der Waals surface area (Å²) in [5, 5.41) is 31.6. The van der Waals surface area contributed by atoms with Gasteiger partial charge < -0.3 is 45.3 Å². The molecule has 10 nitrogen and oxygen atoms in total. The standard InChI is InChI=1S/C14H28N2O8/c1-9(18)16-11-13(20)12(19)10(8-17)24-14(11)23-7-6-22-5-4-21-3-2-15/h10-14,17,19-20H,2-8,15H2,1H3,(H,16,18). The lowest BCUT2D eigenvalue weighted by atomic mass is 9.97. The van der Waals surface area contributed by atoms with Crippen molar-refractivity contribution in [3.63, 3.8) is 0 Å². The van der Waals surface area contributed by atoms with E-state index in [-0.39, 0.29) is 13.2 Å². The molecular formula is C14H28N2O8.